The largest absolute Gasteiger partial charge is 0.499 e. The highest BCUT2D eigenvalue weighted by atomic mass is 16.5. The smallest absolute Gasteiger partial charge is 0.257 e. The van der Waals surface area contributed by atoms with Gasteiger partial charge in [-0.2, -0.15) is 0 Å². The standard InChI is InChI=1S/C44H64N6O6/c1-28(2)41(49(4)5)44(55)48-36(24-31-17-11-8-12-18-31)43(54)47-35(23-30-15-9-7-10-16-30)42(53)46-29(3)21-22-39(51)50-37(38(56-6)26-40(50)52)25-32-27-45-34-20-14-13-19-33(32)34/h13-14,19-22,26-31,35-37,41,45H,7-12,15-18,23-25H2,1-6H3,(H,46,53)(H,47,54)(H,48,55)/t29-,35-,36-,37-,41-/m0/s1. The molecule has 1 aliphatic heterocycles. The molecule has 5 rings (SSSR count). The van der Waals surface area contributed by atoms with Gasteiger partial charge in [0, 0.05) is 41.7 Å². The Kier molecular flexibility index (Phi) is 15.3. The van der Waals surface area contributed by atoms with Crippen molar-refractivity contribution in [3.63, 3.8) is 0 Å². The zero-order valence-electron chi connectivity index (χ0n) is 34.3. The Labute approximate surface area is 332 Å². The summed E-state index contributed by atoms with van der Waals surface area (Å²) in [6.07, 6.45) is 18.3. The normalized spacial score (nSPS) is 20.6. The lowest BCUT2D eigenvalue weighted by Gasteiger charge is -2.32. The maximum Gasteiger partial charge on any atom is 0.257 e. The minimum absolute atomic E-state index is 0.0434. The van der Waals surface area contributed by atoms with Crippen molar-refractivity contribution in [2.75, 3.05) is 21.2 Å². The van der Waals surface area contributed by atoms with E-state index in [1.807, 2.05) is 63.3 Å². The maximum absolute atomic E-state index is 14.2. The first-order chi connectivity index (χ1) is 26.9. The van der Waals surface area contributed by atoms with E-state index in [1.54, 1.807) is 13.0 Å². The van der Waals surface area contributed by atoms with Crippen molar-refractivity contribution in [1.29, 1.82) is 0 Å². The van der Waals surface area contributed by atoms with Crippen molar-refractivity contribution in [3.8, 4) is 0 Å². The predicted molar refractivity (Wildman–Crippen MR) is 218 cm³/mol. The van der Waals surface area contributed by atoms with Gasteiger partial charge in [0.05, 0.1) is 13.2 Å². The summed E-state index contributed by atoms with van der Waals surface area (Å²) in [5.41, 5.74) is 1.92. The van der Waals surface area contributed by atoms with Gasteiger partial charge in [-0.3, -0.25) is 33.8 Å². The van der Waals surface area contributed by atoms with Crippen LogP contribution in [0.15, 0.2) is 54.4 Å². The maximum atomic E-state index is 14.2. The van der Waals surface area contributed by atoms with E-state index in [0.29, 0.717) is 30.9 Å². The molecule has 0 bridgehead atoms. The number of ether oxygens (including phenoxy) is 1. The molecule has 306 valence electrons. The second-order valence-electron chi connectivity index (χ2n) is 16.8. The third-order valence-corrected chi connectivity index (χ3v) is 11.9. The van der Waals surface area contributed by atoms with E-state index in [2.05, 4.69) is 20.9 Å². The molecular weight excluding hydrogens is 709 g/mol. The molecule has 12 nitrogen and oxygen atoms in total. The van der Waals surface area contributed by atoms with Gasteiger partial charge >= 0.3 is 0 Å². The average Bonchev–Trinajstić information content (AvgIpc) is 3.73. The van der Waals surface area contributed by atoms with Crippen LogP contribution in [0.25, 0.3) is 10.9 Å². The zero-order chi connectivity index (χ0) is 40.4. The fourth-order valence-corrected chi connectivity index (χ4v) is 9.04. The van der Waals surface area contributed by atoms with Crippen molar-refractivity contribution >= 4 is 40.4 Å². The first-order valence-corrected chi connectivity index (χ1v) is 20.8. The monoisotopic (exact) mass is 772 g/mol. The molecule has 0 radical (unpaired) electrons. The summed E-state index contributed by atoms with van der Waals surface area (Å²) in [4.78, 5) is 74.9. The summed E-state index contributed by atoms with van der Waals surface area (Å²) in [6.45, 7) is 5.75. The molecule has 0 saturated heterocycles. The second-order valence-corrected chi connectivity index (χ2v) is 16.8. The summed E-state index contributed by atoms with van der Waals surface area (Å²) in [5.74, 6) is -0.794. The number of rotatable bonds is 17. The number of fused-ring (bicyclic) bond motifs is 1. The number of methoxy groups -OCH3 is 1. The van der Waals surface area contributed by atoms with E-state index in [9.17, 15) is 24.0 Å². The van der Waals surface area contributed by atoms with Crippen LogP contribution >= 0.6 is 0 Å². The molecule has 2 aliphatic carbocycles. The van der Waals surface area contributed by atoms with Gasteiger partial charge in [-0.25, -0.2) is 0 Å². The Hall–Kier alpha value is -4.45. The molecule has 1 aromatic carbocycles. The Bertz CT molecular complexity index is 1730. The zero-order valence-corrected chi connectivity index (χ0v) is 34.3. The first-order valence-electron chi connectivity index (χ1n) is 20.8. The van der Waals surface area contributed by atoms with Crippen molar-refractivity contribution in [2.45, 2.75) is 134 Å². The summed E-state index contributed by atoms with van der Waals surface area (Å²) >= 11 is 0. The number of likely N-dealkylation sites (N-methyl/N-ethyl adjacent to an activating group) is 1. The van der Waals surface area contributed by atoms with Gasteiger partial charge < -0.3 is 25.7 Å². The third kappa shape index (κ3) is 11.1. The molecule has 2 saturated carbocycles. The van der Waals surface area contributed by atoms with Crippen molar-refractivity contribution in [1.82, 2.24) is 30.7 Å². The van der Waals surface area contributed by atoms with Crippen molar-refractivity contribution < 1.29 is 28.7 Å². The predicted octanol–water partition coefficient (Wildman–Crippen LogP) is 5.54. The van der Waals surface area contributed by atoms with Crippen molar-refractivity contribution in [3.05, 3.63) is 60.0 Å². The Morgan fingerprint density at radius 2 is 1.43 bits per heavy atom. The number of aromatic nitrogens is 1. The van der Waals surface area contributed by atoms with Crippen LogP contribution in [0.2, 0.25) is 0 Å². The van der Waals surface area contributed by atoms with Crippen LogP contribution in [-0.2, 0) is 35.1 Å². The van der Waals surface area contributed by atoms with E-state index in [0.717, 1.165) is 74.3 Å². The SMILES string of the molecule is COC1=CC(=O)N(C(=O)C=C[C@H](C)NC(=O)[C@H](CC2CCCCC2)NC(=O)[C@H](CC2CCCCC2)NC(=O)[C@H](C(C)C)N(C)C)[C@H]1Cc1c[nH]c2ccccc12. The van der Waals surface area contributed by atoms with Gasteiger partial charge in [-0.1, -0.05) is 102 Å². The third-order valence-electron chi connectivity index (χ3n) is 11.9. The fourth-order valence-electron chi connectivity index (χ4n) is 9.04. The molecule has 0 spiro atoms. The molecule has 0 unspecified atom stereocenters. The molecule has 12 heteroatoms. The van der Waals surface area contributed by atoms with Crippen molar-refractivity contribution in [2.24, 2.45) is 17.8 Å². The number of carbonyl (C=O) groups excluding carboxylic acids is 5. The summed E-state index contributed by atoms with van der Waals surface area (Å²) in [6, 6.07) is 4.68. The van der Waals surface area contributed by atoms with E-state index in [4.69, 9.17) is 4.74 Å². The highest BCUT2D eigenvalue weighted by Crippen LogP contribution is 2.30. The number of hydrogen-bond acceptors (Lipinski definition) is 7. The minimum atomic E-state index is -0.813. The summed E-state index contributed by atoms with van der Waals surface area (Å²) < 4.78 is 5.54. The van der Waals surface area contributed by atoms with E-state index in [1.165, 1.54) is 30.6 Å². The van der Waals surface area contributed by atoms with Crippen LogP contribution in [0.4, 0.5) is 0 Å². The number of H-pyrrole nitrogens is 1. The van der Waals surface area contributed by atoms with Crippen LogP contribution in [0.1, 0.15) is 103 Å². The molecule has 5 atom stereocenters. The number of aromatic amines is 1. The molecule has 4 N–H and O–H groups in total. The molecule has 2 heterocycles. The van der Waals surface area contributed by atoms with E-state index in [-0.39, 0.29) is 29.6 Å². The van der Waals surface area contributed by atoms with Gasteiger partial charge in [0.2, 0.25) is 17.7 Å². The molecule has 3 aliphatic rings. The van der Waals surface area contributed by atoms with E-state index < -0.39 is 42.0 Å². The Morgan fingerprint density at radius 3 is 2.00 bits per heavy atom. The molecule has 2 fully saturated rings. The number of nitrogens with zero attached hydrogens (tertiary/aromatic N) is 2. The van der Waals surface area contributed by atoms with Gasteiger partial charge in [0.15, 0.2) is 0 Å². The number of amides is 5. The first kappa shape index (κ1) is 42.7. The van der Waals surface area contributed by atoms with E-state index >= 15 is 0 Å². The highest BCUT2D eigenvalue weighted by molar-refractivity contribution is 6.08. The van der Waals surface area contributed by atoms with Crippen LogP contribution in [-0.4, -0.2) is 95.7 Å². The Balaban J connectivity index is 1.28. The number of hydrogen-bond donors (Lipinski definition) is 4. The molecule has 5 amide bonds. The molecular formula is C44H64N6O6. The number of nitrogens with one attached hydrogen (secondary N) is 4. The lowest BCUT2D eigenvalue weighted by molar-refractivity contribution is -0.139. The van der Waals surface area contributed by atoms with Gasteiger partial charge in [-0.05, 0) is 63.2 Å². The number of benzene rings is 1. The van der Waals surface area contributed by atoms with Crippen LogP contribution in [0.5, 0.6) is 0 Å². The summed E-state index contributed by atoms with van der Waals surface area (Å²) in [7, 11) is 5.23. The lowest BCUT2D eigenvalue weighted by atomic mass is 9.83. The fraction of sp³-hybridized carbons (Fsp3) is 0.614. The number of carbonyl (C=O) groups is 5. The van der Waals surface area contributed by atoms with Crippen LogP contribution in [0, 0.1) is 17.8 Å². The quantitative estimate of drug-likeness (QED) is 0.154. The minimum Gasteiger partial charge on any atom is -0.499 e. The van der Waals surface area contributed by atoms with Gasteiger partial charge in [-0.15, -0.1) is 0 Å². The summed E-state index contributed by atoms with van der Waals surface area (Å²) in [5, 5.41) is 10.2. The molecule has 1 aromatic heterocycles. The lowest BCUT2D eigenvalue weighted by Crippen LogP contribution is -2.58. The highest BCUT2D eigenvalue weighted by Gasteiger charge is 2.38. The average molecular weight is 773 g/mol. The second kappa shape index (κ2) is 20.1. The molecule has 2 aromatic rings. The van der Waals surface area contributed by atoms with Crippen LogP contribution in [0.3, 0.4) is 0 Å². The van der Waals surface area contributed by atoms with Crippen LogP contribution < -0.4 is 16.0 Å². The Morgan fingerprint density at radius 1 is 0.857 bits per heavy atom. The van der Waals surface area contributed by atoms with Gasteiger partial charge in [0.25, 0.3) is 11.8 Å². The topological polar surface area (TPSA) is 153 Å². The molecule has 56 heavy (non-hydrogen) atoms. The number of para-hydroxylation sites is 1. The van der Waals surface area contributed by atoms with Gasteiger partial charge in [0.1, 0.15) is 23.9 Å². The number of imide groups is 1.